The van der Waals surface area contributed by atoms with Crippen molar-refractivity contribution < 1.29 is 5.11 Å². The summed E-state index contributed by atoms with van der Waals surface area (Å²) in [7, 11) is 1.92. The summed E-state index contributed by atoms with van der Waals surface area (Å²) < 4.78 is 1.85. The van der Waals surface area contributed by atoms with Crippen LogP contribution in [-0.4, -0.2) is 21.5 Å². The summed E-state index contributed by atoms with van der Waals surface area (Å²) in [6, 6.07) is 1.99. The van der Waals surface area contributed by atoms with Gasteiger partial charge in [0.15, 0.2) is 0 Å². The summed E-state index contributed by atoms with van der Waals surface area (Å²) in [5.41, 5.74) is 1.23. The molecule has 0 unspecified atom stereocenters. The maximum atomic E-state index is 9.11. The third kappa shape index (κ3) is 0.878. The molecule has 0 aliphatic heterocycles. The van der Waals surface area contributed by atoms with Crippen LogP contribution in [-0.2, 0) is 12.5 Å². The van der Waals surface area contributed by atoms with Gasteiger partial charge in [-0.15, -0.1) is 0 Å². The predicted molar refractivity (Wildman–Crippen MR) is 41.2 cm³/mol. The van der Waals surface area contributed by atoms with E-state index in [1.165, 1.54) is 5.69 Å². The number of nitrogens with zero attached hydrogens (tertiary/aromatic N) is 2. The van der Waals surface area contributed by atoms with Gasteiger partial charge < -0.3 is 5.11 Å². The quantitative estimate of drug-likeness (QED) is 0.668. The summed E-state index contributed by atoms with van der Waals surface area (Å²) in [6.07, 6.45) is 3.98. The molecule has 1 aliphatic carbocycles. The topological polar surface area (TPSA) is 38.0 Å². The highest BCUT2D eigenvalue weighted by atomic mass is 16.3. The van der Waals surface area contributed by atoms with Gasteiger partial charge >= 0.3 is 0 Å². The first kappa shape index (κ1) is 6.85. The van der Waals surface area contributed by atoms with E-state index in [9.17, 15) is 0 Å². The molecule has 1 N–H and O–H groups in total. The smallest absolute Gasteiger partial charge is 0.0542 e. The van der Waals surface area contributed by atoms with Crippen molar-refractivity contribution in [2.75, 3.05) is 6.61 Å². The molecule has 0 bridgehead atoms. The Labute approximate surface area is 65.7 Å². The lowest BCUT2D eigenvalue weighted by atomic mass is 10.0. The van der Waals surface area contributed by atoms with E-state index in [1.54, 1.807) is 6.20 Å². The van der Waals surface area contributed by atoms with Crippen molar-refractivity contribution in [3.8, 4) is 0 Å². The second-order valence-corrected chi connectivity index (χ2v) is 3.28. The summed E-state index contributed by atoms with van der Waals surface area (Å²) in [5, 5.41) is 13.2. The number of hydrogen-bond donors (Lipinski definition) is 1. The van der Waals surface area contributed by atoms with Crippen molar-refractivity contribution in [2.45, 2.75) is 18.3 Å². The molecule has 0 amide bonds. The molecule has 1 fully saturated rings. The summed E-state index contributed by atoms with van der Waals surface area (Å²) in [5.74, 6) is 0. The maximum absolute atomic E-state index is 9.11. The first-order chi connectivity index (χ1) is 5.28. The Kier molecular flexibility index (Phi) is 1.29. The van der Waals surface area contributed by atoms with Crippen molar-refractivity contribution >= 4 is 0 Å². The third-order valence-electron chi connectivity index (χ3n) is 2.52. The van der Waals surface area contributed by atoms with E-state index in [2.05, 4.69) is 5.10 Å². The Hall–Kier alpha value is -0.830. The molecule has 0 radical (unpaired) electrons. The zero-order chi connectivity index (χ0) is 7.90. The number of aryl methyl sites for hydroxylation is 1. The SMILES string of the molecule is Cn1nccc1C1(CO)CC1. The lowest BCUT2D eigenvalue weighted by Crippen LogP contribution is -2.16. The average Bonchev–Trinajstić information content (AvgIpc) is 2.70. The molecule has 0 atom stereocenters. The third-order valence-corrected chi connectivity index (χ3v) is 2.52. The van der Waals surface area contributed by atoms with E-state index in [1.807, 2.05) is 17.8 Å². The minimum absolute atomic E-state index is 0.0608. The van der Waals surface area contributed by atoms with E-state index in [4.69, 9.17) is 5.11 Å². The lowest BCUT2D eigenvalue weighted by molar-refractivity contribution is 0.249. The second-order valence-electron chi connectivity index (χ2n) is 3.28. The molecule has 11 heavy (non-hydrogen) atoms. The van der Waals surface area contributed by atoms with Crippen LogP contribution >= 0.6 is 0 Å². The van der Waals surface area contributed by atoms with Crippen molar-refractivity contribution in [1.82, 2.24) is 9.78 Å². The van der Waals surface area contributed by atoms with Crippen LogP contribution in [0.3, 0.4) is 0 Å². The number of rotatable bonds is 2. The van der Waals surface area contributed by atoms with Gasteiger partial charge in [-0.1, -0.05) is 0 Å². The van der Waals surface area contributed by atoms with Crippen LogP contribution in [0.15, 0.2) is 12.3 Å². The average molecular weight is 152 g/mol. The molecular weight excluding hydrogens is 140 g/mol. The fourth-order valence-electron chi connectivity index (χ4n) is 1.54. The number of aromatic nitrogens is 2. The predicted octanol–water partition coefficient (Wildman–Crippen LogP) is 0.444. The molecule has 1 aliphatic rings. The lowest BCUT2D eigenvalue weighted by Gasteiger charge is -2.10. The van der Waals surface area contributed by atoms with Gasteiger partial charge in [-0.25, -0.2) is 0 Å². The first-order valence-corrected chi connectivity index (χ1v) is 3.88. The minimum Gasteiger partial charge on any atom is -0.395 e. The molecule has 3 heteroatoms. The molecule has 1 aromatic rings. The van der Waals surface area contributed by atoms with Crippen LogP contribution in [0.1, 0.15) is 18.5 Å². The van der Waals surface area contributed by atoms with Gasteiger partial charge in [0.1, 0.15) is 0 Å². The monoisotopic (exact) mass is 152 g/mol. The van der Waals surface area contributed by atoms with Crippen LogP contribution < -0.4 is 0 Å². The largest absolute Gasteiger partial charge is 0.395 e. The molecule has 1 aromatic heterocycles. The first-order valence-electron chi connectivity index (χ1n) is 3.88. The summed E-state index contributed by atoms with van der Waals surface area (Å²) >= 11 is 0. The highest BCUT2D eigenvalue weighted by molar-refractivity contribution is 5.23. The fourth-order valence-corrected chi connectivity index (χ4v) is 1.54. The van der Waals surface area contributed by atoms with Gasteiger partial charge in [0.05, 0.1) is 6.61 Å². The van der Waals surface area contributed by atoms with E-state index < -0.39 is 0 Å². The number of aliphatic hydroxyl groups excluding tert-OH is 1. The van der Waals surface area contributed by atoms with E-state index in [0.717, 1.165) is 12.8 Å². The van der Waals surface area contributed by atoms with Crippen LogP contribution in [0.5, 0.6) is 0 Å². The molecular formula is C8H12N2O. The second kappa shape index (κ2) is 2.08. The molecule has 1 saturated carbocycles. The van der Waals surface area contributed by atoms with Gasteiger partial charge in [-0.3, -0.25) is 4.68 Å². The maximum Gasteiger partial charge on any atom is 0.0542 e. The Bertz CT molecular complexity index is 263. The van der Waals surface area contributed by atoms with Gasteiger partial charge in [0.25, 0.3) is 0 Å². The van der Waals surface area contributed by atoms with Crippen molar-refractivity contribution in [3.63, 3.8) is 0 Å². The Morgan fingerprint density at radius 3 is 2.82 bits per heavy atom. The van der Waals surface area contributed by atoms with Crippen LogP contribution in [0.4, 0.5) is 0 Å². The molecule has 0 aromatic carbocycles. The fraction of sp³-hybridized carbons (Fsp3) is 0.625. The van der Waals surface area contributed by atoms with E-state index >= 15 is 0 Å². The standard InChI is InChI=1S/C8H12N2O/c1-10-7(2-5-9-10)8(6-11)3-4-8/h2,5,11H,3-4,6H2,1H3. The molecule has 2 rings (SSSR count). The molecule has 60 valence electrons. The van der Waals surface area contributed by atoms with Crippen molar-refractivity contribution in [1.29, 1.82) is 0 Å². The Morgan fingerprint density at radius 2 is 2.45 bits per heavy atom. The van der Waals surface area contributed by atoms with Gasteiger partial charge in [-0.2, -0.15) is 5.10 Å². The zero-order valence-electron chi connectivity index (χ0n) is 6.62. The molecule has 0 saturated heterocycles. The highest BCUT2D eigenvalue weighted by Gasteiger charge is 2.45. The van der Waals surface area contributed by atoms with Gasteiger partial charge in [-0.05, 0) is 18.9 Å². The van der Waals surface area contributed by atoms with E-state index in [-0.39, 0.29) is 12.0 Å². The zero-order valence-corrected chi connectivity index (χ0v) is 6.62. The minimum atomic E-state index is 0.0608. The van der Waals surface area contributed by atoms with Crippen LogP contribution in [0.25, 0.3) is 0 Å². The highest BCUT2D eigenvalue weighted by Crippen LogP contribution is 2.47. The summed E-state index contributed by atoms with van der Waals surface area (Å²) in [6.45, 7) is 0.256. The molecule has 3 nitrogen and oxygen atoms in total. The summed E-state index contributed by atoms with van der Waals surface area (Å²) in [4.78, 5) is 0. The Morgan fingerprint density at radius 1 is 1.73 bits per heavy atom. The van der Waals surface area contributed by atoms with E-state index in [0.29, 0.717) is 0 Å². The van der Waals surface area contributed by atoms with Gasteiger partial charge in [0, 0.05) is 24.4 Å². The van der Waals surface area contributed by atoms with Gasteiger partial charge in [0.2, 0.25) is 0 Å². The normalized spacial score (nSPS) is 20.2. The Balaban J connectivity index is 2.35. The van der Waals surface area contributed by atoms with Crippen LogP contribution in [0.2, 0.25) is 0 Å². The van der Waals surface area contributed by atoms with Crippen LogP contribution in [0, 0.1) is 0 Å². The number of hydrogen-bond acceptors (Lipinski definition) is 2. The van der Waals surface area contributed by atoms with Crippen molar-refractivity contribution in [2.24, 2.45) is 7.05 Å². The van der Waals surface area contributed by atoms with Crippen molar-refractivity contribution in [3.05, 3.63) is 18.0 Å². The molecule has 1 heterocycles. The number of aliphatic hydroxyl groups is 1. The molecule has 0 spiro atoms.